The van der Waals surface area contributed by atoms with Gasteiger partial charge in [0, 0.05) is 24.7 Å². The third-order valence-electron chi connectivity index (χ3n) is 2.90. The number of carbonyl (C=O) groups excluding carboxylic acids is 1. The van der Waals surface area contributed by atoms with E-state index in [1.807, 2.05) is 41.2 Å². The van der Waals surface area contributed by atoms with E-state index in [9.17, 15) is 4.79 Å². The molecule has 100 valence electrons. The van der Waals surface area contributed by atoms with Crippen molar-refractivity contribution >= 4 is 5.91 Å². The van der Waals surface area contributed by atoms with Crippen LogP contribution < -0.4 is 5.32 Å². The van der Waals surface area contributed by atoms with Crippen LogP contribution in [0.1, 0.15) is 31.7 Å². The quantitative estimate of drug-likeness (QED) is 0.864. The molecule has 0 aliphatic heterocycles. The van der Waals surface area contributed by atoms with Gasteiger partial charge >= 0.3 is 0 Å². The maximum absolute atomic E-state index is 11.5. The average molecular weight is 257 g/mol. The van der Waals surface area contributed by atoms with Crippen molar-refractivity contribution in [1.29, 1.82) is 0 Å². The molecule has 1 aromatic heterocycles. The molecule has 2 rings (SSSR count). The Morgan fingerprint density at radius 1 is 1.32 bits per heavy atom. The highest BCUT2D eigenvalue weighted by Gasteiger charge is 2.03. The number of rotatable bonds is 6. The standard InChI is InChI=1S/C15H19N3O/c1-2-3-9-15(19)16-10-13-11-17-18(12-13)14-7-5-4-6-8-14/h4-8,11-12H,2-3,9-10H2,1H3,(H,16,19). The highest BCUT2D eigenvalue weighted by molar-refractivity contribution is 5.75. The second kappa shape index (κ2) is 6.73. The number of nitrogens with zero attached hydrogens (tertiary/aromatic N) is 2. The van der Waals surface area contributed by atoms with E-state index in [1.54, 1.807) is 6.20 Å². The Labute approximate surface area is 113 Å². The number of benzene rings is 1. The molecule has 0 saturated carbocycles. The SMILES string of the molecule is CCCCC(=O)NCc1cnn(-c2ccccc2)c1. The molecule has 0 unspecified atom stereocenters. The zero-order chi connectivity index (χ0) is 13.5. The summed E-state index contributed by atoms with van der Waals surface area (Å²) in [7, 11) is 0. The van der Waals surface area contributed by atoms with Gasteiger partial charge in [-0.1, -0.05) is 31.5 Å². The van der Waals surface area contributed by atoms with Crippen molar-refractivity contribution in [2.24, 2.45) is 0 Å². The molecule has 0 aliphatic rings. The van der Waals surface area contributed by atoms with Crippen molar-refractivity contribution < 1.29 is 4.79 Å². The second-order valence-corrected chi connectivity index (χ2v) is 4.51. The summed E-state index contributed by atoms with van der Waals surface area (Å²) < 4.78 is 1.81. The Bertz CT molecular complexity index is 519. The second-order valence-electron chi connectivity index (χ2n) is 4.51. The zero-order valence-corrected chi connectivity index (χ0v) is 11.2. The van der Waals surface area contributed by atoms with Gasteiger partial charge in [0.2, 0.25) is 5.91 Å². The Balaban J connectivity index is 1.90. The molecule has 0 fully saturated rings. The molecule has 4 nitrogen and oxygen atoms in total. The molecule has 19 heavy (non-hydrogen) atoms. The smallest absolute Gasteiger partial charge is 0.220 e. The maximum atomic E-state index is 11.5. The van der Waals surface area contributed by atoms with Gasteiger partial charge in [-0.2, -0.15) is 5.10 Å². The van der Waals surface area contributed by atoms with Crippen molar-refractivity contribution in [1.82, 2.24) is 15.1 Å². The van der Waals surface area contributed by atoms with Gasteiger partial charge in [0.1, 0.15) is 0 Å². The van der Waals surface area contributed by atoms with Crippen molar-refractivity contribution in [3.8, 4) is 5.69 Å². The first-order chi connectivity index (χ1) is 9.29. The maximum Gasteiger partial charge on any atom is 0.220 e. The van der Waals surface area contributed by atoms with Crippen LogP contribution in [-0.2, 0) is 11.3 Å². The van der Waals surface area contributed by atoms with Crippen LogP contribution in [0.15, 0.2) is 42.7 Å². The van der Waals surface area contributed by atoms with Gasteiger partial charge in [-0.05, 0) is 18.6 Å². The normalized spacial score (nSPS) is 10.4. The highest BCUT2D eigenvalue weighted by atomic mass is 16.1. The van der Waals surface area contributed by atoms with Gasteiger partial charge in [0.25, 0.3) is 0 Å². The van der Waals surface area contributed by atoms with Crippen LogP contribution in [0.5, 0.6) is 0 Å². The largest absolute Gasteiger partial charge is 0.352 e. The number of hydrogen-bond donors (Lipinski definition) is 1. The number of amides is 1. The molecule has 2 aromatic rings. The molecule has 0 saturated heterocycles. The van der Waals surface area contributed by atoms with E-state index in [2.05, 4.69) is 17.3 Å². The number of aromatic nitrogens is 2. The van der Waals surface area contributed by atoms with Crippen LogP contribution >= 0.6 is 0 Å². The molecule has 1 heterocycles. The fourth-order valence-corrected chi connectivity index (χ4v) is 1.80. The first kappa shape index (κ1) is 13.3. The summed E-state index contributed by atoms with van der Waals surface area (Å²) in [5.41, 5.74) is 2.03. The lowest BCUT2D eigenvalue weighted by atomic mass is 10.2. The fourth-order valence-electron chi connectivity index (χ4n) is 1.80. The van der Waals surface area contributed by atoms with Crippen LogP contribution in [0.25, 0.3) is 5.69 Å². The molecule has 0 bridgehead atoms. The minimum atomic E-state index is 0.106. The summed E-state index contributed by atoms with van der Waals surface area (Å²) in [4.78, 5) is 11.5. The molecular formula is C15H19N3O. The highest BCUT2D eigenvalue weighted by Crippen LogP contribution is 2.07. The van der Waals surface area contributed by atoms with Crippen LogP contribution in [-0.4, -0.2) is 15.7 Å². The molecule has 0 radical (unpaired) electrons. The number of nitrogens with one attached hydrogen (secondary N) is 1. The van der Waals surface area contributed by atoms with E-state index in [4.69, 9.17) is 0 Å². The lowest BCUT2D eigenvalue weighted by molar-refractivity contribution is -0.121. The van der Waals surface area contributed by atoms with Crippen LogP contribution in [0.2, 0.25) is 0 Å². The Morgan fingerprint density at radius 2 is 2.11 bits per heavy atom. The van der Waals surface area contributed by atoms with Crippen LogP contribution in [0.4, 0.5) is 0 Å². The summed E-state index contributed by atoms with van der Waals surface area (Å²) in [6.07, 6.45) is 6.31. The summed E-state index contributed by atoms with van der Waals surface area (Å²) >= 11 is 0. The van der Waals surface area contributed by atoms with Crippen LogP contribution in [0.3, 0.4) is 0 Å². The van der Waals surface area contributed by atoms with E-state index in [1.165, 1.54) is 0 Å². The number of para-hydroxylation sites is 1. The van der Waals surface area contributed by atoms with Gasteiger partial charge in [0.15, 0.2) is 0 Å². The van der Waals surface area contributed by atoms with Gasteiger partial charge in [-0.3, -0.25) is 4.79 Å². The molecule has 1 N–H and O–H groups in total. The summed E-state index contributed by atoms with van der Waals surface area (Å²) in [5, 5.41) is 7.20. The lowest BCUT2D eigenvalue weighted by Crippen LogP contribution is -2.21. The van der Waals surface area contributed by atoms with E-state index >= 15 is 0 Å². The molecule has 4 heteroatoms. The molecule has 1 aromatic carbocycles. The summed E-state index contributed by atoms with van der Waals surface area (Å²) in [5.74, 6) is 0.106. The number of hydrogen-bond acceptors (Lipinski definition) is 2. The van der Waals surface area contributed by atoms with Crippen molar-refractivity contribution in [2.75, 3.05) is 0 Å². The van der Waals surface area contributed by atoms with Gasteiger partial charge in [-0.15, -0.1) is 0 Å². The molecular weight excluding hydrogens is 238 g/mol. The minimum absolute atomic E-state index is 0.106. The topological polar surface area (TPSA) is 46.9 Å². The van der Waals surface area contributed by atoms with Gasteiger partial charge in [-0.25, -0.2) is 4.68 Å². The monoisotopic (exact) mass is 257 g/mol. The minimum Gasteiger partial charge on any atom is -0.352 e. The van der Waals surface area contributed by atoms with Gasteiger partial charge < -0.3 is 5.32 Å². The van der Waals surface area contributed by atoms with E-state index in [-0.39, 0.29) is 5.91 Å². The third kappa shape index (κ3) is 3.95. The van der Waals surface area contributed by atoms with E-state index in [0.29, 0.717) is 13.0 Å². The lowest BCUT2D eigenvalue weighted by Gasteiger charge is -2.02. The first-order valence-electron chi connectivity index (χ1n) is 6.65. The van der Waals surface area contributed by atoms with Crippen molar-refractivity contribution in [3.05, 3.63) is 48.3 Å². The first-order valence-corrected chi connectivity index (χ1v) is 6.65. The summed E-state index contributed by atoms with van der Waals surface area (Å²) in [6.45, 7) is 2.62. The number of unbranched alkanes of at least 4 members (excludes halogenated alkanes) is 1. The average Bonchev–Trinajstić information content (AvgIpc) is 2.93. The predicted octanol–water partition coefficient (Wildman–Crippen LogP) is 2.68. The Kier molecular flexibility index (Phi) is 4.72. The molecule has 1 amide bonds. The van der Waals surface area contributed by atoms with E-state index in [0.717, 1.165) is 24.1 Å². The third-order valence-corrected chi connectivity index (χ3v) is 2.90. The van der Waals surface area contributed by atoms with Crippen LogP contribution in [0, 0.1) is 0 Å². The predicted molar refractivity (Wildman–Crippen MR) is 74.9 cm³/mol. The number of carbonyl (C=O) groups is 1. The van der Waals surface area contributed by atoms with Crippen molar-refractivity contribution in [3.63, 3.8) is 0 Å². The van der Waals surface area contributed by atoms with Gasteiger partial charge in [0.05, 0.1) is 11.9 Å². The molecule has 0 atom stereocenters. The zero-order valence-electron chi connectivity index (χ0n) is 11.2. The summed E-state index contributed by atoms with van der Waals surface area (Å²) in [6, 6.07) is 9.92. The molecule has 0 aliphatic carbocycles. The molecule has 0 spiro atoms. The van der Waals surface area contributed by atoms with Crippen molar-refractivity contribution in [2.45, 2.75) is 32.7 Å². The Hall–Kier alpha value is -2.10. The van der Waals surface area contributed by atoms with E-state index < -0.39 is 0 Å². The Morgan fingerprint density at radius 3 is 2.84 bits per heavy atom. The fraction of sp³-hybridized carbons (Fsp3) is 0.333.